The number of hydrogen-bond donors (Lipinski definition) is 2. The molecule has 3 heterocycles. The van der Waals surface area contributed by atoms with Crippen LogP contribution in [0.25, 0.3) is 0 Å². The molecule has 2 N–H and O–H groups in total. The van der Waals surface area contributed by atoms with Crippen molar-refractivity contribution in [3.05, 3.63) is 81.9 Å². The Balaban J connectivity index is 1.21. The van der Waals surface area contributed by atoms with Crippen LogP contribution in [0.4, 0.5) is 5.13 Å². The monoisotopic (exact) mass is 474 g/mol. The Morgan fingerprint density at radius 3 is 2.74 bits per heavy atom. The van der Waals surface area contributed by atoms with Gasteiger partial charge in [0.2, 0.25) is 17.7 Å². The van der Waals surface area contributed by atoms with Gasteiger partial charge in [-0.05, 0) is 29.2 Å². The lowest BCUT2D eigenvalue weighted by atomic mass is 10.0. The fraction of sp³-hybridized carbons (Fsp3) is 0.240. The predicted octanol–water partition coefficient (Wildman–Crippen LogP) is 2.68. The number of hydrogen-bond acceptors (Lipinski definition) is 6. The van der Waals surface area contributed by atoms with Crippen molar-refractivity contribution in [2.75, 3.05) is 5.32 Å². The van der Waals surface area contributed by atoms with Crippen LogP contribution in [-0.4, -0.2) is 39.6 Å². The molecule has 172 valence electrons. The number of imide groups is 1. The minimum absolute atomic E-state index is 0.104. The number of benzene rings is 2. The van der Waals surface area contributed by atoms with Gasteiger partial charge in [-0.15, -0.1) is 11.3 Å². The maximum atomic E-state index is 13.0. The third kappa shape index (κ3) is 4.60. The number of amides is 4. The minimum Gasteiger partial charge on any atom is -0.322 e. The molecule has 0 aliphatic carbocycles. The van der Waals surface area contributed by atoms with Crippen LogP contribution in [-0.2, 0) is 33.8 Å². The molecular formula is C25H22N4O4S. The first-order valence-electron chi connectivity index (χ1n) is 11.0. The second kappa shape index (κ2) is 9.18. The van der Waals surface area contributed by atoms with E-state index in [1.807, 2.05) is 30.3 Å². The lowest BCUT2D eigenvalue weighted by Crippen LogP contribution is -2.52. The van der Waals surface area contributed by atoms with Gasteiger partial charge in [-0.3, -0.25) is 24.5 Å². The topological polar surface area (TPSA) is 108 Å². The van der Waals surface area contributed by atoms with Crippen LogP contribution < -0.4 is 10.6 Å². The molecule has 0 unspecified atom stereocenters. The molecule has 9 heteroatoms. The van der Waals surface area contributed by atoms with Crippen LogP contribution in [0, 0.1) is 0 Å². The van der Waals surface area contributed by atoms with Crippen LogP contribution in [0.5, 0.6) is 0 Å². The Bertz CT molecular complexity index is 1290. The number of aromatic nitrogens is 1. The molecule has 8 nitrogen and oxygen atoms in total. The van der Waals surface area contributed by atoms with E-state index in [4.69, 9.17) is 0 Å². The summed E-state index contributed by atoms with van der Waals surface area (Å²) in [5, 5.41) is 5.67. The highest BCUT2D eigenvalue weighted by atomic mass is 32.1. The summed E-state index contributed by atoms with van der Waals surface area (Å²) in [6, 6.07) is 14.8. The van der Waals surface area contributed by atoms with Crippen LogP contribution in [0.1, 0.15) is 44.8 Å². The van der Waals surface area contributed by atoms with Gasteiger partial charge < -0.3 is 10.2 Å². The number of nitrogens with zero attached hydrogens (tertiary/aromatic N) is 2. The lowest BCUT2D eigenvalue weighted by molar-refractivity contribution is -0.137. The third-order valence-electron chi connectivity index (χ3n) is 5.98. The highest BCUT2D eigenvalue weighted by molar-refractivity contribution is 7.15. The van der Waals surface area contributed by atoms with Crippen molar-refractivity contribution in [2.45, 2.75) is 38.3 Å². The summed E-state index contributed by atoms with van der Waals surface area (Å²) in [6.45, 7) is 0.316. The number of thiazole rings is 1. The Morgan fingerprint density at radius 2 is 1.94 bits per heavy atom. The first-order chi connectivity index (χ1) is 16.5. The summed E-state index contributed by atoms with van der Waals surface area (Å²) in [5.41, 5.74) is 3.19. The minimum atomic E-state index is -0.653. The lowest BCUT2D eigenvalue weighted by Gasteiger charge is -2.29. The van der Waals surface area contributed by atoms with Gasteiger partial charge in [0.15, 0.2) is 5.13 Å². The standard InChI is InChI=1S/C25H22N4O4S/c30-21-9-8-20(23(32)27-21)29-14-17-7-6-16(11-19(17)24(29)33)12-22(31)28-25-26-13-18(34-25)10-15-4-2-1-3-5-15/h1-7,11,13,20H,8-10,12,14H2,(H,26,28,31)(H,27,30,32)/t20-/m0/s1. The maximum absolute atomic E-state index is 13.0. The molecule has 4 amide bonds. The molecule has 2 aliphatic heterocycles. The van der Waals surface area contributed by atoms with Gasteiger partial charge in [0, 0.05) is 36.0 Å². The summed E-state index contributed by atoms with van der Waals surface area (Å²) in [4.78, 5) is 56.0. The highest BCUT2D eigenvalue weighted by Gasteiger charge is 2.39. The average molecular weight is 475 g/mol. The van der Waals surface area contributed by atoms with E-state index in [0.29, 0.717) is 29.2 Å². The molecule has 0 bridgehead atoms. The second-order valence-electron chi connectivity index (χ2n) is 8.41. The molecule has 3 aromatic rings. The molecular weight excluding hydrogens is 452 g/mol. The largest absolute Gasteiger partial charge is 0.322 e. The Hall–Kier alpha value is -3.85. The number of rotatable bonds is 6. The number of carbonyl (C=O) groups excluding carboxylic acids is 4. The van der Waals surface area contributed by atoms with E-state index in [1.165, 1.54) is 21.8 Å². The zero-order valence-corrected chi connectivity index (χ0v) is 19.1. The SMILES string of the molecule is O=C1CC[C@H](N2Cc3ccc(CC(=O)Nc4ncc(Cc5ccccc5)s4)cc3C2=O)C(=O)N1. The van der Waals surface area contributed by atoms with Gasteiger partial charge in [-0.1, -0.05) is 42.5 Å². The van der Waals surface area contributed by atoms with Crippen molar-refractivity contribution in [3.63, 3.8) is 0 Å². The predicted molar refractivity (Wildman–Crippen MR) is 126 cm³/mol. The smallest absolute Gasteiger partial charge is 0.255 e. The first kappa shape index (κ1) is 22.0. The third-order valence-corrected chi connectivity index (χ3v) is 6.89. The Morgan fingerprint density at radius 1 is 1.12 bits per heavy atom. The van der Waals surface area contributed by atoms with E-state index in [2.05, 4.69) is 27.8 Å². The molecule has 34 heavy (non-hydrogen) atoms. The zero-order chi connectivity index (χ0) is 23.7. The summed E-state index contributed by atoms with van der Waals surface area (Å²) in [6.07, 6.45) is 3.16. The number of fused-ring (bicyclic) bond motifs is 1. The summed E-state index contributed by atoms with van der Waals surface area (Å²) >= 11 is 1.44. The van der Waals surface area contributed by atoms with Crippen LogP contribution in [0.2, 0.25) is 0 Å². The number of nitrogens with one attached hydrogen (secondary N) is 2. The maximum Gasteiger partial charge on any atom is 0.255 e. The van der Waals surface area contributed by atoms with Crippen LogP contribution >= 0.6 is 11.3 Å². The van der Waals surface area contributed by atoms with E-state index in [9.17, 15) is 19.2 Å². The zero-order valence-electron chi connectivity index (χ0n) is 18.2. The van der Waals surface area contributed by atoms with Crippen molar-refractivity contribution in [2.24, 2.45) is 0 Å². The van der Waals surface area contributed by atoms with Crippen molar-refractivity contribution in [3.8, 4) is 0 Å². The Kier molecular flexibility index (Phi) is 5.93. The molecule has 0 spiro atoms. The molecule has 1 aromatic heterocycles. The number of carbonyl (C=O) groups is 4. The van der Waals surface area contributed by atoms with Crippen LogP contribution in [0.15, 0.2) is 54.7 Å². The quantitative estimate of drug-likeness (QED) is 0.534. The van der Waals surface area contributed by atoms with Crippen molar-refractivity contribution in [1.29, 1.82) is 0 Å². The van der Waals surface area contributed by atoms with E-state index in [0.717, 1.165) is 16.9 Å². The van der Waals surface area contributed by atoms with Crippen LogP contribution in [0.3, 0.4) is 0 Å². The molecule has 0 saturated carbocycles. The average Bonchev–Trinajstić information content (AvgIpc) is 3.38. The van der Waals surface area contributed by atoms with Gasteiger partial charge >= 0.3 is 0 Å². The van der Waals surface area contributed by atoms with E-state index >= 15 is 0 Å². The summed E-state index contributed by atoms with van der Waals surface area (Å²) in [7, 11) is 0. The summed E-state index contributed by atoms with van der Waals surface area (Å²) in [5.74, 6) is -1.22. The van der Waals surface area contributed by atoms with Gasteiger partial charge in [-0.25, -0.2) is 4.98 Å². The van der Waals surface area contributed by atoms with Gasteiger partial charge in [0.05, 0.1) is 6.42 Å². The molecule has 1 saturated heterocycles. The number of piperidine rings is 1. The van der Waals surface area contributed by atoms with E-state index in [1.54, 1.807) is 12.3 Å². The molecule has 2 aliphatic rings. The summed E-state index contributed by atoms with van der Waals surface area (Å²) < 4.78 is 0. The fourth-order valence-corrected chi connectivity index (χ4v) is 5.17. The van der Waals surface area contributed by atoms with Gasteiger partial charge in [-0.2, -0.15) is 0 Å². The van der Waals surface area contributed by atoms with Gasteiger partial charge in [0.1, 0.15) is 6.04 Å². The van der Waals surface area contributed by atoms with Gasteiger partial charge in [0.25, 0.3) is 5.91 Å². The Labute approximate surface area is 200 Å². The number of anilines is 1. The highest BCUT2D eigenvalue weighted by Crippen LogP contribution is 2.28. The molecule has 5 rings (SSSR count). The first-order valence-corrected chi connectivity index (χ1v) is 11.8. The molecule has 2 aromatic carbocycles. The normalized spacial score (nSPS) is 17.5. The van der Waals surface area contributed by atoms with E-state index < -0.39 is 11.9 Å². The fourth-order valence-electron chi connectivity index (χ4n) is 4.30. The van der Waals surface area contributed by atoms with Crippen molar-refractivity contribution in [1.82, 2.24) is 15.2 Å². The molecule has 1 atom stereocenters. The second-order valence-corrected chi connectivity index (χ2v) is 9.53. The van der Waals surface area contributed by atoms with E-state index in [-0.39, 0.29) is 30.6 Å². The molecule has 0 radical (unpaired) electrons. The van der Waals surface area contributed by atoms with Crippen molar-refractivity contribution < 1.29 is 19.2 Å². The van der Waals surface area contributed by atoms with Crippen molar-refractivity contribution >= 4 is 40.1 Å². The molecule has 1 fully saturated rings.